The van der Waals surface area contributed by atoms with E-state index in [4.69, 9.17) is 21.1 Å². The van der Waals surface area contributed by atoms with Gasteiger partial charge in [0.1, 0.15) is 23.0 Å². The largest absolute Gasteiger partial charge is 0.497 e. The molecule has 41 heavy (non-hydrogen) atoms. The Labute approximate surface area is 245 Å². The maximum Gasteiger partial charge on any atom is 0.195 e. The molecule has 1 saturated heterocycles. The van der Waals surface area contributed by atoms with Crippen LogP contribution in [0.4, 0.5) is 5.69 Å². The Bertz CT molecular complexity index is 1740. The lowest BCUT2D eigenvalue weighted by molar-refractivity contribution is 0.0665. The van der Waals surface area contributed by atoms with Gasteiger partial charge in [0.05, 0.1) is 25.1 Å². The van der Waals surface area contributed by atoms with Gasteiger partial charge in [-0.25, -0.2) is 0 Å². The van der Waals surface area contributed by atoms with Crippen molar-refractivity contribution >= 4 is 52.1 Å². The molecule has 3 heterocycles. The highest BCUT2D eigenvalue weighted by atomic mass is 35.5. The minimum absolute atomic E-state index is 0.169. The van der Waals surface area contributed by atoms with Crippen LogP contribution in [-0.4, -0.2) is 43.7 Å². The number of rotatable bonds is 5. The molecule has 1 spiro atoms. The molecule has 8 heteroatoms. The van der Waals surface area contributed by atoms with Crippen LogP contribution in [-0.2, 0) is 0 Å². The van der Waals surface area contributed by atoms with Crippen molar-refractivity contribution in [2.75, 3.05) is 19.1 Å². The number of ether oxygens (including phenoxy) is 2. The van der Waals surface area contributed by atoms with Gasteiger partial charge in [-0.1, -0.05) is 60.2 Å². The zero-order chi connectivity index (χ0) is 28.5. The van der Waals surface area contributed by atoms with Gasteiger partial charge < -0.3 is 14.4 Å². The molecule has 0 bridgehead atoms. The number of ketones is 3. The minimum atomic E-state index is -1.61. The fraction of sp³-hybridized carbons (Fsp3) is 0.182. The number of carbonyl (C=O) groups excluding carboxylic acids is 3. The Morgan fingerprint density at radius 3 is 2.34 bits per heavy atom. The Balaban J connectivity index is 1.57. The van der Waals surface area contributed by atoms with Crippen molar-refractivity contribution in [1.29, 1.82) is 0 Å². The number of fused-ring (bicyclic) bond motifs is 5. The number of thiophene rings is 1. The number of methoxy groups -OCH3 is 2. The van der Waals surface area contributed by atoms with Gasteiger partial charge in [0.15, 0.2) is 17.3 Å². The number of nitrogens with zero attached hydrogens (tertiary/aromatic N) is 1. The molecular formula is C33H24ClNO5S. The molecule has 0 N–H and O–H groups in total. The third kappa shape index (κ3) is 3.46. The maximum atomic E-state index is 14.7. The lowest BCUT2D eigenvalue weighted by Crippen LogP contribution is -2.48. The molecule has 0 saturated carbocycles. The number of carbonyl (C=O) groups is 3. The Morgan fingerprint density at radius 1 is 0.927 bits per heavy atom. The average molecular weight is 582 g/mol. The van der Waals surface area contributed by atoms with Crippen LogP contribution in [0, 0.1) is 5.41 Å². The molecule has 3 unspecified atom stereocenters. The first-order chi connectivity index (χ1) is 19.9. The van der Waals surface area contributed by atoms with Crippen LogP contribution in [0.5, 0.6) is 11.5 Å². The molecule has 1 aliphatic carbocycles. The summed E-state index contributed by atoms with van der Waals surface area (Å²) in [6.07, 6.45) is 3.78. The molecule has 204 valence electrons. The predicted octanol–water partition coefficient (Wildman–Crippen LogP) is 6.74. The molecule has 1 aromatic heterocycles. The van der Waals surface area contributed by atoms with E-state index in [-0.39, 0.29) is 17.3 Å². The topological polar surface area (TPSA) is 72.9 Å². The zero-order valence-corrected chi connectivity index (χ0v) is 23.7. The van der Waals surface area contributed by atoms with Crippen molar-refractivity contribution in [3.8, 4) is 11.5 Å². The fourth-order valence-electron chi connectivity index (χ4n) is 6.93. The summed E-state index contributed by atoms with van der Waals surface area (Å²) in [5.41, 5.74) is 1.27. The van der Waals surface area contributed by atoms with E-state index in [1.807, 2.05) is 46.7 Å². The molecular weight excluding hydrogens is 558 g/mol. The average Bonchev–Trinajstić information content (AvgIpc) is 3.70. The van der Waals surface area contributed by atoms with Gasteiger partial charge in [0.25, 0.3) is 0 Å². The first-order valence-electron chi connectivity index (χ1n) is 13.2. The summed E-state index contributed by atoms with van der Waals surface area (Å²) in [5.74, 6) is -0.628. The predicted molar refractivity (Wildman–Crippen MR) is 159 cm³/mol. The van der Waals surface area contributed by atoms with Crippen LogP contribution in [0.1, 0.15) is 47.4 Å². The third-order valence-corrected chi connectivity index (χ3v) is 9.69. The normalized spacial score (nSPS) is 21.5. The van der Waals surface area contributed by atoms with E-state index in [1.165, 1.54) is 18.4 Å². The fourth-order valence-corrected chi connectivity index (χ4v) is 7.81. The van der Waals surface area contributed by atoms with E-state index in [9.17, 15) is 14.4 Å². The Kier molecular flexibility index (Phi) is 5.92. The Morgan fingerprint density at radius 2 is 1.68 bits per heavy atom. The van der Waals surface area contributed by atoms with E-state index in [0.29, 0.717) is 38.1 Å². The number of hydrogen-bond acceptors (Lipinski definition) is 7. The van der Waals surface area contributed by atoms with Crippen molar-refractivity contribution in [2.24, 2.45) is 5.41 Å². The molecule has 2 aliphatic heterocycles. The molecule has 1 fully saturated rings. The standard InChI is InChI=1S/C33H24ClNO5S/c1-39-20-11-12-23(25(17-20)40-2)28-29(30(36)26-8-5-15-41-26)35-24-13-10-19(34)16-18(24)9-14-27(35)33(28)31(37)21-6-3-4-7-22(21)32(33)38/h3-17,27-29H,1-2H3. The molecule has 3 aliphatic rings. The number of halogens is 1. The van der Waals surface area contributed by atoms with E-state index >= 15 is 0 Å². The van der Waals surface area contributed by atoms with Crippen molar-refractivity contribution in [2.45, 2.75) is 18.0 Å². The molecule has 0 radical (unpaired) electrons. The van der Waals surface area contributed by atoms with Crippen molar-refractivity contribution < 1.29 is 23.9 Å². The van der Waals surface area contributed by atoms with Gasteiger partial charge in [-0.3, -0.25) is 14.4 Å². The van der Waals surface area contributed by atoms with Gasteiger partial charge in [0.2, 0.25) is 0 Å². The van der Waals surface area contributed by atoms with Gasteiger partial charge in [-0.15, -0.1) is 11.3 Å². The smallest absolute Gasteiger partial charge is 0.195 e. The van der Waals surface area contributed by atoms with Crippen molar-refractivity contribution in [1.82, 2.24) is 0 Å². The Hall–Kier alpha value is -4.20. The molecule has 7 rings (SSSR count). The van der Waals surface area contributed by atoms with Crippen LogP contribution in [0.2, 0.25) is 5.02 Å². The summed E-state index contributed by atoms with van der Waals surface area (Å²) in [7, 11) is 3.09. The molecule has 0 amide bonds. The van der Waals surface area contributed by atoms with Crippen LogP contribution in [0.25, 0.3) is 6.08 Å². The number of hydrogen-bond donors (Lipinski definition) is 0. The maximum absolute atomic E-state index is 14.7. The highest BCUT2D eigenvalue weighted by Crippen LogP contribution is 2.62. The van der Waals surface area contributed by atoms with Gasteiger partial charge in [0, 0.05) is 39.4 Å². The molecule has 6 nitrogen and oxygen atoms in total. The number of Topliss-reactive ketones (excluding diaryl/α,β-unsaturated/α-hetero) is 3. The summed E-state index contributed by atoms with van der Waals surface area (Å²) >= 11 is 7.70. The summed E-state index contributed by atoms with van der Waals surface area (Å²) in [4.78, 5) is 46.6. The second-order valence-electron chi connectivity index (χ2n) is 10.4. The van der Waals surface area contributed by atoms with E-state index in [1.54, 1.807) is 55.6 Å². The minimum Gasteiger partial charge on any atom is -0.497 e. The molecule has 3 aromatic carbocycles. The monoisotopic (exact) mass is 581 g/mol. The van der Waals surface area contributed by atoms with E-state index in [0.717, 1.165) is 11.3 Å². The summed E-state index contributed by atoms with van der Waals surface area (Å²) in [6.45, 7) is 0. The lowest BCUT2D eigenvalue weighted by Gasteiger charge is -2.37. The van der Waals surface area contributed by atoms with E-state index < -0.39 is 23.4 Å². The second-order valence-corrected chi connectivity index (χ2v) is 11.7. The van der Waals surface area contributed by atoms with Crippen LogP contribution in [0.3, 0.4) is 0 Å². The van der Waals surface area contributed by atoms with Crippen LogP contribution in [0.15, 0.2) is 84.3 Å². The highest BCUT2D eigenvalue weighted by molar-refractivity contribution is 7.12. The third-order valence-electron chi connectivity index (χ3n) is 8.57. The van der Waals surface area contributed by atoms with Crippen LogP contribution < -0.4 is 14.4 Å². The first-order valence-corrected chi connectivity index (χ1v) is 14.4. The lowest BCUT2D eigenvalue weighted by atomic mass is 9.64. The molecule has 4 aromatic rings. The summed E-state index contributed by atoms with van der Waals surface area (Å²) < 4.78 is 11.3. The highest BCUT2D eigenvalue weighted by Gasteiger charge is 2.72. The van der Waals surface area contributed by atoms with Crippen LogP contribution >= 0.6 is 22.9 Å². The van der Waals surface area contributed by atoms with Gasteiger partial charge >= 0.3 is 0 Å². The summed E-state index contributed by atoms with van der Waals surface area (Å²) in [5, 5.41) is 2.40. The zero-order valence-electron chi connectivity index (χ0n) is 22.2. The second kappa shape index (κ2) is 9.43. The van der Waals surface area contributed by atoms with Crippen molar-refractivity contribution in [3.05, 3.63) is 116 Å². The first kappa shape index (κ1) is 25.7. The van der Waals surface area contributed by atoms with Gasteiger partial charge in [-0.05, 0) is 41.3 Å². The molecule has 3 atom stereocenters. The summed E-state index contributed by atoms with van der Waals surface area (Å²) in [6, 6.07) is 19.7. The van der Waals surface area contributed by atoms with Gasteiger partial charge in [-0.2, -0.15) is 0 Å². The quantitative estimate of drug-likeness (QED) is 0.192. The SMILES string of the molecule is COc1ccc(C2C(C(=O)c3cccs3)N3c4ccc(Cl)cc4C=CC3C23C(=O)c2ccccc2C3=O)c(OC)c1. The van der Waals surface area contributed by atoms with Crippen molar-refractivity contribution in [3.63, 3.8) is 0 Å². The van der Waals surface area contributed by atoms with E-state index in [2.05, 4.69) is 0 Å². The number of anilines is 1. The number of benzene rings is 3.